The van der Waals surface area contributed by atoms with Gasteiger partial charge in [0.15, 0.2) is 0 Å². The Morgan fingerprint density at radius 1 is 1.71 bits per heavy atom. The minimum atomic E-state index is -0.579. The molecule has 0 spiro atoms. The Hall–Kier alpha value is -0.120. The third kappa shape index (κ3) is 2.56. The SMILES string of the molecule is COC(N)C(C)O. The van der Waals surface area contributed by atoms with Gasteiger partial charge in [-0.15, -0.1) is 0 Å². The van der Waals surface area contributed by atoms with Crippen LogP contribution in [0.5, 0.6) is 0 Å². The van der Waals surface area contributed by atoms with Crippen LogP contribution < -0.4 is 5.73 Å². The number of hydrogen-bond acceptors (Lipinski definition) is 3. The lowest BCUT2D eigenvalue weighted by atomic mass is 10.4. The Morgan fingerprint density at radius 3 is 2.14 bits per heavy atom. The van der Waals surface area contributed by atoms with E-state index in [0.29, 0.717) is 0 Å². The molecule has 0 aromatic heterocycles. The molecular weight excluding hydrogens is 94.0 g/mol. The van der Waals surface area contributed by atoms with Gasteiger partial charge < -0.3 is 15.6 Å². The zero-order valence-corrected chi connectivity index (χ0v) is 4.59. The minimum absolute atomic E-state index is 0.542. The number of aliphatic hydroxyl groups excluding tert-OH is 1. The summed E-state index contributed by atoms with van der Waals surface area (Å²) in [5.41, 5.74) is 5.14. The molecule has 0 amide bonds. The van der Waals surface area contributed by atoms with E-state index in [0.717, 1.165) is 0 Å². The van der Waals surface area contributed by atoms with Crippen LogP contribution in [-0.4, -0.2) is 24.5 Å². The molecule has 0 rings (SSSR count). The fraction of sp³-hybridized carbons (Fsp3) is 1.00. The number of aliphatic hydroxyl groups is 1. The third-order valence-corrected chi connectivity index (χ3v) is 0.748. The topological polar surface area (TPSA) is 55.5 Å². The van der Waals surface area contributed by atoms with Gasteiger partial charge in [-0.2, -0.15) is 0 Å². The van der Waals surface area contributed by atoms with Crippen molar-refractivity contribution in [1.82, 2.24) is 0 Å². The van der Waals surface area contributed by atoms with Crippen LogP contribution in [0.15, 0.2) is 0 Å². The van der Waals surface area contributed by atoms with Crippen molar-refractivity contribution in [2.75, 3.05) is 7.11 Å². The largest absolute Gasteiger partial charge is 0.389 e. The molecule has 7 heavy (non-hydrogen) atoms. The lowest BCUT2D eigenvalue weighted by Gasteiger charge is -2.10. The summed E-state index contributed by atoms with van der Waals surface area (Å²) < 4.78 is 4.54. The summed E-state index contributed by atoms with van der Waals surface area (Å²) in [6.45, 7) is 1.58. The molecule has 0 bridgehead atoms. The van der Waals surface area contributed by atoms with Crippen molar-refractivity contribution in [3.63, 3.8) is 0 Å². The molecule has 0 saturated carbocycles. The van der Waals surface area contributed by atoms with Gasteiger partial charge in [0.05, 0.1) is 6.10 Å². The quantitative estimate of drug-likeness (QED) is 0.456. The smallest absolute Gasteiger partial charge is 0.131 e. The summed E-state index contributed by atoms with van der Waals surface area (Å²) in [5, 5.41) is 8.57. The third-order valence-electron chi connectivity index (χ3n) is 0.748. The molecule has 2 atom stereocenters. The summed E-state index contributed by atoms with van der Waals surface area (Å²) in [5.74, 6) is 0. The van der Waals surface area contributed by atoms with Crippen LogP contribution in [0.3, 0.4) is 0 Å². The normalized spacial score (nSPS) is 18.9. The molecule has 0 heterocycles. The van der Waals surface area contributed by atoms with E-state index in [-0.39, 0.29) is 0 Å². The highest BCUT2D eigenvalue weighted by Crippen LogP contribution is 1.85. The Labute approximate surface area is 43.1 Å². The van der Waals surface area contributed by atoms with Gasteiger partial charge in [0.1, 0.15) is 6.23 Å². The first-order valence-electron chi connectivity index (χ1n) is 2.15. The molecule has 0 aliphatic heterocycles. The maximum atomic E-state index is 8.57. The van der Waals surface area contributed by atoms with Gasteiger partial charge in [0.25, 0.3) is 0 Å². The summed E-state index contributed by atoms with van der Waals surface area (Å²) >= 11 is 0. The molecule has 0 aliphatic carbocycles. The number of rotatable bonds is 2. The molecule has 0 saturated heterocycles. The lowest BCUT2D eigenvalue weighted by molar-refractivity contribution is 0.00230. The van der Waals surface area contributed by atoms with Crippen molar-refractivity contribution >= 4 is 0 Å². The molecule has 44 valence electrons. The van der Waals surface area contributed by atoms with Crippen LogP contribution in [0.1, 0.15) is 6.92 Å². The average Bonchev–Trinajstić information content (AvgIpc) is 1.65. The van der Waals surface area contributed by atoms with Gasteiger partial charge in [-0.05, 0) is 6.92 Å². The van der Waals surface area contributed by atoms with Gasteiger partial charge in [-0.25, -0.2) is 0 Å². The van der Waals surface area contributed by atoms with E-state index in [2.05, 4.69) is 4.74 Å². The van der Waals surface area contributed by atoms with Crippen molar-refractivity contribution in [3.8, 4) is 0 Å². The molecule has 0 aliphatic rings. The van der Waals surface area contributed by atoms with Gasteiger partial charge >= 0.3 is 0 Å². The van der Waals surface area contributed by atoms with E-state index >= 15 is 0 Å². The second kappa shape index (κ2) is 2.96. The van der Waals surface area contributed by atoms with Crippen molar-refractivity contribution in [2.24, 2.45) is 5.73 Å². The van der Waals surface area contributed by atoms with E-state index < -0.39 is 12.3 Å². The Kier molecular flexibility index (Phi) is 2.91. The first-order valence-corrected chi connectivity index (χ1v) is 2.15. The predicted molar refractivity (Wildman–Crippen MR) is 26.7 cm³/mol. The standard InChI is InChI=1S/C4H11NO2/c1-3(6)4(5)7-2/h3-4,6H,5H2,1-2H3. The molecule has 3 nitrogen and oxygen atoms in total. The Bertz CT molecular complexity index is 47.0. The highest BCUT2D eigenvalue weighted by molar-refractivity contribution is 4.51. The van der Waals surface area contributed by atoms with Crippen LogP contribution in [-0.2, 0) is 4.74 Å². The molecule has 3 N–H and O–H groups in total. The lowest BCUT2D eigenvalue weighted by Crippen LogP contribution is -2.33. The Balaban J connectivity index is 3.14. The van der Waals surface area contributed by atoms with Gasteiger partial charge in [-0.3, -0.25) is 0 Å². The van der Waals surface area contributed by atoms with Crippen molar-refractivity contribution in [1.29, 1.82) is 0 Å². The van der Waals surface area contributed by atoms with Crippen molar-refractivity contribution < 1.29 is 9.84 Å². The van der Waals surface area contributed by atoms with E-state index in [1.165, 1.54) is 7.11 Å². The first-order chi connectivity index (χ1) is 3.18. The Morgan fingerprint density at radius 2 is 2.14 bits per heavy atom. The van der Waals surface area contributed by atoms with E-state index in [9.17, 15) is 0 Å². The second-order valence-corrected chi connectivity index (χ2v) is 1.44. The van der Waals surface area contributed by atoms with Crippen molar-refractivity contribution in [2.45, 2.75) is 19.3 Å². The number of methoxy groups -OCH3 is 1. The highest BCUT2D eigenvalue weighted by atomic mass is 16.5. The maximum absolute atomic E-state index is 8.57. The molecular formula is C4H11NO2. The zero-order chi connectivity index (χ0) is 5.86. The molecule has 0 radical (unpaired) electrons. The minimum Gasteiger partial charge on any atom is -0.389 e. The number of ether oxygens (including phenoxy) is 1. The predicted octanol–water partition coefficient (Wildman–Crippen LogP) is -0.702. The summed E-state index contributed by atoms with van der Waals surface area (Å²) in [6, 6.07) is 0. The first kappa shape index (κ1) is 6.88. The van der Waals surface area contributed by atoms with Crippen LogP contribution in [0.4, 0.5) is 0 Å². The van der Waals surface area contributed by atoms with E-state index in [4.69, 9.17) is 10.8 Å². The molecule has 2 unspecified atom stereocenters. The number of nitrogens with two attached hydrogens (primary N) is 1. The fourth-order valence-corrected chi connectivity index (χ4v) is 0.197. The molecule has 3 heteroatoms. The van der Waals surface area contributed by atoms with Crippen LogP contribution in [0, 0.1) is 0 Å². The molecule has 0 aromatic carbocycles. The van der Waals surface area contributed by atoms with Crippen LogP contribution in [0.2, 0.25) is 0 Å². The number of hydrogen-bond donors (Lipinski definition) is 2. The second-order valence-electron chi connectivity index (χ2n) is 1.44. The van der Waals surface area contributed by atoms with Crippen molar-refractivity contribution in [3.05, 3.63) is 0 Å². The fourth-order valence-electron chi connectivity index (χ4n) is 0.197. The zero-order valence-electron chi connectivity index (χ0n) is 4.59. The van der Waals surface area contributed by atoms with Crippen LogP contribution >= 0.6 is 0 Å². The summed E-state index contributed by atoms with van der Waals surface area (Å²) in [6.07, 6.45) is -1.12. The average molecular weight is 105 g/mol. The van der Waals surface area contributed by atoms with Gasteiger partial charge in [0, 0.05) is 7.11 Å². The van der Waals surface area contributed by atoms with E-state index in [1.807, 2.05) is 0 Å². The molecule has 0 fully saturated rings. The van der Waals surface area contributed by atoms with Gasteiger partial charge in [-0.1, -0.05) is 0 Å². The maximum Gasteiger partial charge on any atom is 0.131 e. The summed E-state index contributed by atoms with van der Waals surface area (Å²) in [4.78, 5) is 0. The van der Waals surface area contributed by atoms with Gasteiger partial charge in [0.2, 0.25) is 0 Å². The summed E-state index contributed by atoms with van der Waals surface area (Å²) in [7, 11) is 1.46. The van der Waals surface area contributed by atoms with Crippen LogP contribution in [0.25, 0.3) is 0 Å². The monoisotopic (exact) mass is 105 g/mol. The van der Waals surface area contributed by atoms with E-state index in [1.54, 1.807) is 6.92 Å². The molecule has 0 aromatic rings. The highest BCUT2D eigenvalue weighted by Gasteiger charge is 2.04.